The van der Waals surface area contributed by atoms with Crippen molar-refractivity contribution in [3.63, 3.8) is 0 Å². The van der Waals surface area contributed by atoms with E-state index >= 15 is 0 Å². The summed E-state index contributed by atoms with van der Waals surface area (Å²) < 4.78 is 6.40. The third kappa shape index (κ3) is 4.79. The van der Waals surface area contributed by atoms with Gasteiger partial charge in [0, 0.05) is 11.8 Å². The molecule has 5 aliphatic rings. The van der Waals surface area contributed by atoms with Crippen LogP contribution in [0.3, 0.4) is 0 Å². The van der Waals surface area contributed by atoms with Gasteiger partial charge in [0.25, 0.3) is 0 Å². The van der Waals surface area contributed by atoms with Crippen molar-refractivity contribution in [3.05, 3.63) is 11.6 Å². The fourth-order valence-electron chi connectivity index (χ4n) is 9.49. The first-order valence-electron chi connectivity index (χ1n) is 15.3. The molecule has 196 valence electrons. The average molecular weight is 483 g/mol. The van der Waals surface area contributed by atoms with E-state index in [0.29, 0.717) is 17.6 Å². The number of carbonyl (C=O) groups excluding carboxylic acids is 2. The number of rotatable bonds is 7. The lowest BCUT2D eigenvalue weighted by Gasteiger charge is -2.57. The minimum Gasteiger partial charge on any atom is -0.462 e. The lowest BCUT2D eigenvalue weighted by atomic mass is 9.47. The van der Waals surface area contributed by atoms with Gasteiger partial charge >= 0.3 is 5.97 Å². The molecule has 3 heteroatoms. The third-order valence-electron chi connectivity index (χ3n) is 11.8. The molecule has 4 saturated carbocycles. The summed E-state index contributed by atoms with van der Waals surface area (Å²) in [6, 6.07) is 0. The van der Waals surface area contributed by atoms with Crippen molar-refractivity contribution < 1.29 is 14.3 Å². The Morgan fingerprint density at radius 2 is 1.71 bits per heavy atom. The number of ether oxygens (including phenoxy) is 1. The smallest absolute Gasteiger partial charge is 0.309 e. The Labute approximate surface area is 214 Å². The second-order valence-corrected chi connectivity index (χ2v) is 13.6. The topological polar surface area (TPSA) is 43.4 Å². The van der Waals surface area contributed by atoms with Gasteiger partial charge in [-0.1, -0.05) is 58.4 Å². The van der Waals surface area contributed by atoms with Crippen LogP contribution in [-0.4, -0.2) is 17.9 Å². The molecule has 4 fully saturated rings. The molecule has 0 aromatic carbocycles. The molecule has 0 saturated heterocycles. The molecule has 0 N–H and O–H groups in total. The largest absolute Gasteiger partial charge is 0.462 e. The molecule has 5 aliphatic carbocycles. The molecule has 5 rings (SSSR count). The van der Waals surface area contributed by atoms with Gasteiger partial charge in [-0.2, -0.15) is 0 Å². The summed E-state index contributed by atoms with van der Waals surface area (Å²) in [7, 11) is 0. The van der Waals surface area contributed by atoms with E-state index in [1.807, 2.05) is 6.08 Å². The van der Waals surface area contributed by atoms with Crippen molar-refractivity contribution >= 4 is 11.8 Å². The van der Waals surface area contributed by atoms with E-state index in [-0.39, 0.29) is 28.8 Å². The van der Waals surface area contributed by atoms with Gasteiger partial charge in [-0.25, -0.2) is 0 Å². The van der Waals surface area contributed by atoms with Crippen LogP contribution in [0.1, 0.15) is 130 Å². The van der Waals surface area contributed by atoms with Crippen molar-refractivity contribution in [1.29, 1.82) is 0 Å². The van der Waals surface area contributed by atoms with Crippen LogP contribution >= 0.6 is 0 Å². The first kappa shape index (κ1) is 25.5. The van der Waals surface area contributed by atoms with Crippen molar-refractivity contribution in [2.75, 3.05) is 0 Å². The highest BCUT2D eigenvalue weighted by atomic mass is 16.5. The Hall–Kier alpha value is -1.12. The monoisotopic (exact) mass is 482 g/mol. The predicted octanol–water partition coefficient (Wildman–Crippen LogP) is 8.21. The molecular weight excluding hydrogens is 432 g/mol. The van der Waals surface area contributed by atoms with Crippen LogP contribution in [0.5, 0.6) is 0 Å². The highest BCUT2D eigenvalue weighted by molar-refractivity contribution is 5.91. The quantitative estimate of drug-likeness (QED) is 0.271. The maximum Gasteiger partial charge on any atom is 0.309 e. The number of hydrogen-bond acceptors (Lipinski definition) is 3. The minimum absolute atomic E-state index is 0.116. The summed E-state index contributed by atoms with van der Waals surface area (Å²) in [5.74, 6) is 3.55. The summed E-state index contributed by atoms with van der Waals surface area (Å²) in [4.78, 5) is 25.4. The van der Waals surface area contributed by atoms with Crippen LogP contribution < -0.4 is 0 Å². The van der Waals surface area contributed by atoms with E-state index in [4.69, 9.17) is 4.74 Å². The van der Waals surface area contributed by atoms with Crippen molar-refractivity contribution in [2.45, 2.75) is 136 Å². The maximum atomic E-state index is 13.3. The van der Waals surface area contributed by atoms with Crippen LogP contribution in [0, 0.1) is 40.4 Å². The molecule has 0 aromatic rings. The number of esters is 1. The first-order valence-corrected chi connectivity index (χ1v) is 15.3. The number of unbranched alkanes of at least 4 members (excludes halogenated alkanes) is 3. The minimum atomic E-state index is 0.116. The second-order valence-electron chi connectivity index (χ2n) is 13.6. The van der Waals surface area contributed by atoms with Gasteiger partial charge in [-0.05, 0) is 106 Å². The molecule has 3 nitrogen and oxygen atoms in total. The van der Waals surface area contributed by atoms with E-state index < -0.39 is 0 Å². The fraction of sp³-hybridized carbons (Fsp3) is 0.875. The molecule has 0 bridgehead atoms. The van der Waals surface area contributed by atoms with E-state index in [2.05, 4.69) is 20.8 Å². The van der Waals surface area contributed by atoms with Crippen LogP contribution in [0.4, 0.5) is 0 Å². The summed E-state index contributed by atoms with van der Waals surface area (Å²) in [5.41, 5.74) is 1.82. The molecule has 0 aliphatic heterocycles. The van der Waals surface area contributed by atoms with Crippen LogP contribution in [0.15, 0.2) is 11.6 Å². The van der Waals surface area contributed by atoms with Crippen molar-refractivity contribution in [1.82, 2.24) is 0 Å². The summed E-state index contributed by atoms with van der Waals surface area (Å²) in [5, 5.41) is 0. The molecule has 6 atom stereocenters. The zero-order chi connectivity index (χ0) is 24.6. The van der Waals surface area contributed by atoms with Gasteiger partial charge in [0.15, 0.2) is 5.78 Å². The van der Waals surface area contributed by atoms with E-state index in [0.717, 1.165) is 50.4 Å². The van der Waals surface area contributed by atoms with Gasteiger partial charge in [-0.3, -0.25) is 9.59 Å². The molecule has 0 spiro atoms. The Morgan fingerprint density at radius 1 is 0.914 bits per heavy atom. The number of allylic oxidation sites excluding steroid dienone is 1. The van der Waals surface area contributed by atoms with E-state index in [1.54, 1.807) is 0 Å². The van der Waals surface area contributed by atoms with E-state index in [1.165, 1.54) is 76.2 Å². The van der Waals surface area contributed by atoms with Gasteiger partial charge in [0.05, 0.1) is 5.92 Å². The Bertz CT molecular complexity index is 821. The van der Waals surface area contributed by atoms with E-state index in [9.17, 15) is 9.59 Å². The van der Waals surface area contributed by atoms with Gasteiger partial charge in [0.2, 0.25) is 0 Å². The zero-order valence-electron chi connectivity index (χ0n) is 22.8. The number of hydrogen-bond donors (Lipinski definition) is 0. The Morgan fingerprint density at radius 3 is 2.49 bits per heavy atom. The lowest BCUT2D eigenvalue weighted by Crippen LogP contribution is -2.51. The van der Waals surface area contributed by atoms with Crippen molar-refractivity contribution in [2.24, 2.45) is 40.4 Å². The first-order chi connectivity index (χ1) is 16.8. The zero-order valence-corrected chi connectivity index (χ0v) is 22.8. The highest BCUT2D eigenvalue weighted by Crippen LogP contribution is 2.65. The Balaban J connectivity index is 1.17. The summed E-state index contributed by atoms with van der Waals surface area (Å²) in [6.07, 6.45) is 22.2. The second kappa shape index (κ2) is 10.3. The molecule has 0 unspecified atom stereocenters. The molecule has 0 aromatic heterocycles. The summed E-state index contributed by atoms with van der Waals surface area (Å²) >= 11 is 0. The van der Waals surface area contributed by atoms with Gasteiger partial charge in [-0.15, -0.1) is 0 Å². The normalized spacial score (nSPS) is 43.1. The number of carbonyl (C=O) groups is 2. The average Bonchev–Trinajstić information content (AvgIpc) is 3.18. The SMILES string of the molecule is CCCCCCC1CCC(C(=O)O[C@H]2CC[C@@H]3[C@@H]4CCC5=CC(=O)CC[C@]5(C)[C@H]4CC[C@]23C)CC1. The van der Waals surface area contributed by atoms with Crippen LogP contribution in [-0.2, 0) is 14.3 Å². The molecule has 0 amide bonds. The third-order valence-corrected chi connectivity index (χ3v) is 11.8. The van der Waals surface area contributed by atoms with Crippen LogP contribution in [0.25, 0.3) is 0 Å². The molecule has 0 radical (unpaired) electrons. The molecule has 0 heterocycles. The van der Waals surface area contributed by atoms with Crippen molar-refractivity contribution in [3.8, 4) is 0 Å². The summed E-state index contributed by atoms with van der Waals surface area (Å²) in [6.45, 7) is 7.18. The standard InChI is InChI=1S/C32H50O3/c1-4-5-6-7-8-22-9-11-23(12-10-22)30(34)35-29-16-15-27-26-14-13-24-21-25(33)17-19-31(24,2)28(26)18-20-32(27,29)3/h21-23,26-29H,4-20H2,1-3H3/t22?,23?,26-,27+,28-,29-,31-,32-/m0/s1. The maximum absolute atomic E-state index is 13.3. The van der Waals surface area contributed by atoms with Crippen LogP contribution in [0.2, 0.25) is 0 Å². The fourth-order valence-corrected chi connectivity index (χ4v) is 9.49. The number of fused-ring (bicyclic) bond motifs is 5. The number of ketones is 1. The van der Waals surface area contributed by atoms with Gasteiger partial charge < -0.3 is 4.74 Å². The predicted molar refractivity (Wildman–Crippen MR) is 141 cm³/mol. The lowest BCUT2D eigenvalue weighted by molar-refractivity contribution is -0.166. The highest BCUT2D eigenvalue weighted by Gasteiger charge is 2.60. The molecule has 35 heavy (non-hydrogen) atoms. The Kier molecular flexibility index (Phi) is 7.53. The molecular formula is C32H50O3. The van der Waals surface area contributed by atoms with Gasteiger partial charge in [0.1, 0.15) is 6.10 Å².